The highest BCUT2D eigenvalue weighted by Gasteiger charge is 2.13. The van der Waals surface area contributed by atoms with Crippen LogP contribution in [0.2, 0.25) is 0 Å². The van der Waals surface area contributed by atoms with Gasteiger partial charge < -0.3 is 15.2 Å². The number of nitrogens with zero attached hydrogens (tertiary/aromatic N) is 3. The zero-order valence-corrected chi connectivity index (χ0v) is 16.8. The van der Waals surface area contributed by atoms with Crippen molar-refractivity contribution in [2.45, 2.75) is 32.2 Å². The summed E-state index contributed by atoms with van der Waals surface area (Å²) in [6, 6.07) is 4.17. The van der Waals surface area contributed by atoms with Gasteiger partial charge in [0.2, 0.25) is 11.8 Å². The Labute approximate surface area is 165 Å². The molecule has 3 rings (SSSR count). The molecule has 0 fully saturated rings. The Morgan fingerprint density at radius 1 is 1.35 bits per heavy atom. The molecule has 1 amide bonds. The van der Waals surface area contributed by atoms with E-state index in [1.165, 1.54) is 11.3 Å². The third-order valence-electron chi connectivity index (χ3n) is 3.54. The standard InChI is InChI=1S/C16H19N5O2S2.ClH/c1-10(17-2)6-13-19-15(23-21-13)7-11-9-25-16(18-11)20-14(22)8-12-4-3-5-24-12;/h3-5,9-10,17H,6-8H2,1-2H3,(H,18,20,22);1H. The van der Waals surface area contributed by atoms with Crippen molar-refractivity contribution in [3.05, 3.63) is 45.2 Å². The molecule has 0 spiro atoms. The minimum absolute atomic E-state index is 0. The lowest BCUT2D eigenvalue weighted by atomic mass is 10.2. The topological polar surface area (TPSA) is 92.9 Å². The van der Waals surface area contributed by atoms with Crippen LogP contribution in [0, 0.1) is 0 Å². The van der Waals surface area contributed by atoms with Crippen LogP contribution >= 0.6 is 35.1 Å². The third-order valence-corrected chi connectivity index (χ3v) is 5.22. The monoisotopic (exact) mass is 413 g/mol. The minimum Gasteiger partial charge on any atom is -0.339 e. The maximum atomic E-state index is 12.0. The van der Waals surface area contributed by atoms with Gasteiger partial charge in [-0.1, -0.05) is 11.2 Å². The van der Waals surface area contributed by atoms with Crippen molar-refractivity contribution in [2.75, 3.05) is 12.4 Å². The lowest BCUT2D eigenvalue weighted by molar-refractivity contribution is -0.115. The van der Waals surface area contributed by atoms with Crippen LogP contribution in [0.25, 0.3) is 0 Å². The summed E-state index contributed by atoms with van der Waals surface area (Å²) in [5.41, 5.74) is 0.799. The van der Waals surface area contributed by atoms with Crippen molar-refractivity contribution in [3.63, 3.8) is 0 Å². The zero-order chi connectivity index (χ0) is 17.6. The molecule has 0 aliphatic carbocycles. The summed E-state index contributed by atoms with van der Waals surface area (Å²) in [5, 5.41) is 14.4. The van der Waals surface area contributed by atoms with E-state index in [1.807, 2.05) is 29.9 Å². The number of carbonyl (C=O) groups is 1. The number of likely N-dealkylation sites (N-methyl/N-ethyl adjacent to an activating group) is 1. The SMILES string of the molecule is CNC(C)Cc1noc(Cc2csc(NC(=O)Cc3cccs3)n2)n1.Cl. The van der Waals surface area contributed by atoms with Crippen LogP contribution in [0.1, 0.15) is 29.2 Å². The Morgan fingerprint density at radius 2 is 2.19 bits per heavy atom. The molecule has 0 saturated heterocycles. The van der Waals surface area contributed by atoms with Crippen molar-refractivity contribution in [3.8, 4) is 0 Å². The summed E-state index contributed by atoms with van der Waals surface area (Å²) in [6.45, 7) is 2.06. The van der Waals surface area contributed by atoms with Gasteiger partial charge in [0.25, 0.3) is 0 Å². The van der Waals surface area contributed by atoms with Crippen molar-refractivity contribution in [2.24, 2.45) is 0 Å². The van der Waals surface area contributed by atoms with Gasteiger partial charge in [-0.3, -0.25) is 4.79 Å². The van der Waals surface area contributed by atoms with Crippen LogP contribution in [0.5, 0.6) is 0 Å². The number of rotatable bonds is 8. The first-order valence-electron chi connectivity index (χ1n) is 7.87. The maximum Gasteiger partial charge on any atom is 0.232 e. The highest BCUT2D eigenvalue weighted by Crippen LogP contribution is 2.18. The van der Waals surface area contributed by atoms with E-state index in [1.54, 1.807) is 11.3 Å². The average molecular weight is 414 g/mol. The normalized spacial score (nSPS) is 11.8. The van der Waals surface area contributed by atoms with Gasteiger partial charge in [-0.15, -0.1) is 35.1 Å². The first-order valence-corrected chi connectivity index (χ1v) is 9.63. The molecule has 7 nitrogen and oxygen atoms in total. The van der Waals surface area contributed by atoms with E-state index in [0.29, 0.717) is 36.1 Å². The van der Waals surface area contributed by atoms with E-state index >= 15 is 0 Å². The zero-order valence-electron chi connectivity index (χ0n) is 14.4. The fourth-order valence-corrected chi connectivity index (χ4v) is 3.59. The highest BCUT2D eigenvalue weighted by molar-refractivity contribution is 7.14. The fourth-order valence-electron chi connectivity index (χ4n) is 2.16. The predicted molar refractivity (Wildman–Crippen MR) is 105 cm³/mol. The quantitative estimate of drug-likeness (QED) is 0.589. The molecular weight excluding hydrogens is 394 g/mol. The van der Waals surface area contributed by atoms with E-state index < -0.39 is 0 Å². The molecule has 0 aromatic carbocycles. The van der Waals surface area contributed by atoms with Crippen LogP contribution in [0.15, 0.2) is 27.4 Å². The Morgan fingerprint density at radius 3 is 2.92 bits per heavy atom. The van der Waals surface area contributed by atoms with Gasteiger partial charge in [0.1, 0.15) is 0 Å². The van der Waals surface area contributed by atoms with Gasteiger partial charge in [-0.25, -0.2) is 4.98 Å². The number of thiophene rings is 1. The van der Waals surface area contributed by atoms with Crippen LogP contribution in [0.3, 0.4) is 0 Å². The average Bonchev–Trinajstić information content (AvgIpc) is 3.31. The highest BCUT2D eigenvalue weighted by atomic mass is 35.5. The van der Waals surface area contributed by atoms with Crippen molar-refractivity contribution in [1.82, 2.24) is 20.4 Å². The van der Waals surface area contributed by atoms with E-state index in [0.717, 1.165) is 10.6 Å². The second kappa shape index (κ2) is 9.77. The molecule has 0 bridgehead atoms. The van der Waals surface area contributed by atoms with Gasteiger partial charge >= 0.3 is 0 Å². The van der Waals surface area contributed by atoms with Gasteiger partial charge in [-0.2, -0.15) is 4.98 Å². The predicted octanol–water partition coefficient (Wildman–Crippen LogP) is 2.93. The molecule has 0 aliphatic rings. The molecule has 1 unspecified atom stereocenters. The second-order valence-electron chi connectivity index (χ2n) is 5.62. The maximum absolute atomic E-state index is 12.0. The Balaban J connectivity index is 0.00000243. The number of nitrogens with one attached hydrogen (secondary N) is 2. The Bertz CT molecular complexity index is 818. The van der Waals surface area contributed by atoms with E-state index in [2.05, 4.69) is 32.7 Å². The third kappa shape index (κ3) is 5.87. The van der Waals surface area contributed by atoms with Gasteiger partial charge in [0.05, 0.1) is 18.5 Å². The molecule has 3 aromatic heterocycles. The van der Waals surface area contributed by atoms with Gasteiger partial charge in [0.15, 0.2) is 11.0 Å². The fraction of sp³-hybridized carbons (Fsp3) is 0.375. The van der Waals surface area contributed by atoms with E-state index in [4.69, 9.17) is 4.52 Å². The van der Waals surface area contributed by atoms with Crippen LogP contribution in [-0.2, 0) is 24.1 Å². The molecule has 0 radical (unpaired) electrons. The molecular formula is C16H20ClN5O2S2. The number of anilines is 1. The summed E-state index contributed by atoms with van der Waals surface area (Å²) in [6.07, 6.45) is 1.53. The summed E-state index contributed by atoms with van der Waals surface area (Å²) < 4.78 is 5.26. The van der Waals surface area contributed by atoms with Gasteiger partial charge in [0, 0.05) is 22.7 Å². The number of hydrogen-bond acceptors (Lipinski definition) is 8. The molecule has 3 aromatic rings. The van der Waals surface area contributed by atoms with Crippen molar-refractivity contribution < 1.29 is 9.32 Å². The van der Waals surface area contributed by atoms with Crippen molar-refractivity contribution >= 4 is 46.1 Å². The van der Waals surface area contributed by atoms with Gasteiger partial charge in [-0.05, 0) is 25.4 Å². The number of aromatic nitrogens is 3. The molecule has 0 saturated carbocycles. The number of hydrogen-bond donors (Lipinski definition) is 2. The number of halogens is 1. The largest absolute Gasteiger partial charge is 0.339 e. The second-order valence-corrected chi connectivity index (χ2v) is 7.51. The molecule has 3 heterocycles. The molecule has 10 heteroatoms. The summed E-state index contributed by atoms with van der Waals surface area (Å²) in [4.78, 5) is 21.8. The van der Waals surface area contributed by atoms with E-state index in [9.17, 15) is 4.79 Å². The van der Waals surface area contributed by atoms with Crippen LogP contribution in [0.4, 0.5) is 5.13 Å². The molecule has 140 valence electrons. The summed E-state index contributed by atoms with van der Waals surface area (Å²) >= 11 is 2.96. The summed E-state index contributed by atoms with van der Waals surface area (Å²) in [5.74, 6) is 1.14. The first-order chi connectivity index (χ1) is 12.1. The minimum atomic E-state index is -0.0653. The smallest absolute Gasteiger partial charge is 0.232 e. The van der Waals surface area contributed by atoms with Crippen LogP contribution in [-0.4, -0.2) is 34.1 Å². The van der Waals surface area contributed by atoms with Crippen molar-refractivity contribution in [1.29, 1.82) is 0 Å². The molecule has 26 heavy (non-hydrogen) atoms. The lowest BCUT2D eigenvalue weighted by Gasteiger charge is -2.04. The van der Waals surface area contributed by atoms with E-state index in [-0.39, 0.29) is 24.4 Å². The number of carbonyl (C=O) groups excluding carboxylic acids is 1. The number of amides is 1. The summed E-state index contributed by atoms with van der Waals surface area (Å²) in [7, 11) is 1.90. The Hall–Kier alpha value is -1.81. The van der Waals surface area contributed by atoms with Crippen LogP contribution < -0.4 is 10.6 Å². The Kier molecular flexibility index (Phi) is 7.70. The molecule has 2 N–H and O–H groups in total. The number of thiazole rings is 1. The molecule has 0 aliphatic heterocycles. The first kappa shape index (κ1) is 20.5. The lowest BCUT2D eigenvalue weighted by Crippen LogP contribution is -2.24. The molecule has 1 atom stereocenters.